The standard InChI is InChI=1S/C18H18ClNO2/c19-17-8-4-3-7-16(17)18(21)15-6-2-1-5-14(15)13-20-9-11-22-12-10-20/h1-8H,9-13H2. The summed E-state index contributed by atoms with van der Waals surface area (Å²) in [6, 6.07) is 14.9. The number of carbonyl (C=O) groups excluding carboxylic acids is 1. The van der Waals surface area contributed by atoms with Gasteiger partial charge in [-0.3, -0.25) is 9.69 Å². The van der Waals surface area contributed by atoms with Crippen molar-refractivity contribution >= 4 is 17.4 Å². The van der Waals surface area contributed by atoms with E-state index in [1.807, 2.05) is 36.4 Å². The van der Waals surface area contributed by atoms with Crippen LogP contribution in [0.1, 0.15) is 21.5 Å². The summed E-state index contributed by atoms with van der Waals surface area (Å²) in [5.41, 5.74) is 2.31. The van der Waals surface area contributed by atoms with Crippen molar-refractivity contribution in [3.8, 4) is 0 Å². The van der Waals surface area contributed by atoms with Gasteiger partial charge in [-0.1, -0.05) is 48.0 Å². The maximum atomic E-state index is 12.8. The minimum absolute atomic E-state index is 0.0190. The quantitative estimate of drug-likeness (QED) is 0.810. The van der Waals surface area contributed by atoms with E-state index in [0.717, 1.165) is 44.0 Å². The Hall–Kier alpha value is -1.68. The minimum Gasteiger partial charge on any atom is -0.379 e. The molecule has 114 valence electrons. The molecule has 1 aliphatic rings. The van der Waals surface area contributed by atoms with E-state index in [1.54, 1.807) is 12.1 Å². The Morgan fingerprint density at radius 3 is 2.36 bits per heavy atom. The van der Waals surface area contributed by atoms with E-state index >= 15 is 0 Å². The largest absolute Gasteiger partial charge is 0.379 e. The van der Waals surface area contributed by atoms with Gasteiger partial charge >= 0.3 is 0 Å². The topological polar surface area (TPSA) is 29.5 Å². The number of benzene rings is 2. The van der Waals surface area contributed by atoms with Gasteiger partial charge in [-0.2, -0.15) is 0 Å². The van der Waals surface area contributed by atoms with Crippen molar-refractivity contribution in [2.45, 2.75) is 6.54 Å². The van der Waals surface area contributed by atoms with Crippen molar-refractivity contribution in [2.24, 2.45) is 0 Å². The smallest absolute Gasteiger partial charge is 0.194 e. The number of ketones is 1. The molecule has 0 spiro atoms. The van der Waals surface area contributed by atoms with Crippen LogP contribution in [0.2, 0.25) is 5.02 Å². The number of morpholine rings is 1. The number of hydrogen-bond acceptors (Lipinski definition) is 3. The molecule has 0 atom stereocenters. The van der Waals surface area contributed by atoms with Crippen molar-refractivity contribution < 1.29 is 9.53 Å². The predicted octanol–water partition coefficient (Wildman–Crippen LogP) is 3.40. The summed E-state index contributed by atoms with van der Waals surface area (Å²) in [4.78, 5) is 15.1. The van der Waals surface area contributed by atoms with Crippen LogP contribution < -0.4 is 0 Å². The molecule has 0 N–H and O–H groups in total. The summed E-state index contributed by atoms with van der Waals surface area (Å²) in [6.07, 6.45) is 0. The predicted molar refractivity (Wildman–Crippen MR) is 87.4 cm³/mol. The van der Waals surface area contributed by atoms with Crippen molar-refractivity contribution in [1.82, 2.24) is 4.90 Å². The maximum Gasteiger partial charge on any atom is 0.194 e. The van der Waals surface area contributed by atoms with E-state index in [2.05, 4.69) is 4.90 Å². The minimum atomic E-state index is -0.0190. The molecule has 1 saturated heterocycles. The first-order chi connectivity index (χ1) is 10.8. The molecule has 2 aromatic carbocycles. The highest BCUT2D eigenvalue weighted by atomic mass is 35.5. The van der Waals surface area contributed by atoms with Crippen LogP contribution in [0.3, 0.4) is 0 Å². The Bertz CT molecular complexity index is 666. The van der Waals surface area contributed by atoms with Crippen LogP contribution in [0.25, 0.3) is 0 Å². The Labute approximate surface area is 135 Å². The second kappa shape index (κ2) is 7.05. The Morgan fingerprint density at radius 1 is 1.00 bits per heavy atom. The Balaban J connectivity index is 1.87. The zero-order valence-corrected chi connectivity index (χ0v) is 13.1. The zero-order valence-electron chi connectivity index (χ0n) is 12.3. The summed E-state index contributed by atoms with van der Waals surface area (Å²) >= 11 is 6.17. The molecule has 1 aliphatic heterocycles. The van der Waals surface area contributed by atoms with Crippen molar-refractivity contribution in [1.29, 1.82) is 0 Å². The third-order valence-corrected chi connectivity index (χ3v) is 4.21. The van der Waals surface area contributed by atoms with Gasteiger partial charge in [0.15, 0.2) is 5.78 Å². The highest BCUT2D eigenvalue weighted by Crippen LogP contribution is 2.22. The Morgan fingerprint density at radius 2 is 1.64 bits per heavy atom. The summed E-state index contributed by atoms with van der Waals surface area (Å²) in [7, 11) is 0. The van der Waals surface area contributed by atoms with Crippen molar-refractivity contribution in [3.63, 3.8) is 0 Å². The second-order valence-corrected chi connectivity index (χ2v) is 5.76. The molecule has 22 heavy (non-hydrogen) atoms. The molecule has 3 nitrogen and oxygen atoms in total. The van der Waals surface area contributed by atoms with Crippen LogP contribution in [-0.2, 0) is 11.3 Å². The summed E-state index contributed by atoms with van der Waals surface area (Å²) < 4.78 is 5.37. The first kappa shape index (κ1) is 15.2. The number of carbonyl (C=O) groups is 1. The third-order valence-electron chi connectivity index (χ3n) is 3.88. The van der Waals surface area contributed by atoms with Gasteiger partial charge in [-0.15, -0.1) is 0 Å². The lowest BCUT2D eigenvalue weighted by molar-refractivity contribution is 0.0341. The molecule has 0 aromatic heterocycles. The molecule has 0 amide bonds. The SMILES string of the molecule is O=C(c1ccccc1Cl)c1ccccc1CN1CCOCC1. The monoisotopic (exact) mass is 315 g/mol. The van der Waals surface area contributed by atoms with Crippen LogP contribution in [0.5, 0.6) is 0 Å². The molecule has 0 aliphatic carbocycles. The molecule has 3 rings (SSSR count). The van der Waals surface area contributed by atoms with E-state index in [4.69, 9.17) is 16.3 Å². The first-order valence-electron chi connectivity index (χ1n) is 7.43. The third kappa shape index (κ3) is 3.38. The molecule has 0 bridgehead atoms. The number of ether oxygens (including phenoxy) is 1. The van der Waals surface area contributed by atoms with Gasteiger partial charge < -0.3 is 4.74 Å². The van der Waals surface area contributed by atoms with E-state index in [9.17, 15) is 4.79 Å². The number of hydrogen-bond donors (Lipinski definition) is 0. The van der Waals surface area contributed by atoms with Crippen LogP contribution in [0.15, 0.2) is 48.5 Å². The van der Waals surface area contributed by atoms with Crippen LogP contribution in [0.4, 0.5) is 0 Å². The normalized spacial score (nSPS) is 15.7. The van der Waals surface area contributed by atoms with Gasteiger partial charge in [0.1, 0.15) is 0 Å². The molecular weight excluding hydrogens is 298 g/mol. The second-order valence-electron chi connectivity index (χ2n) is 5.35. The molecule has 4 heteroatoms. The molecule has 1 fully saturated rings. The lowest BCUT2D eigenvalue weighted by atomic mass is 9.98. The van der Waals surface area contributed by atoms with Gasteiger partial charge in [0, 0.05) is 30.8 Å². The summed E-state index contributed by atoms with van der Waals surface area (Å²) in [6.45, 7) is 4.06. The Kier molecular flexibility index (Phi) is 4.88. The highest BCUT2D eigenvalue weighted by Gasteiger charge is 2.18. The average molecular weight is 316 g/mol. The lowest BCUT2D eigenvalue weighted by Gasteiger charge is -2.27. The zero-order chi connectivity index (χ0) is 15.4. The van der Waals surface area contributed by atoms with Gasteiger partial charge in [0.2, 0.25) is 0 Å². The average Bonchev–Trinajstić information content (AvgIpc) is 2.56. The van der Waals surface area contributed by atoms with Crippen LogP contribution >= 0.6 is 11.6 Å². The van der Waals surface area contributed by atoms with Crippen molar-refractivity contribution in [2.75, 3.05) is 26.3 Å². The maximum absolute atomic E-state index is 12.8. The van der Waals surface area contributed by atoms with E-state index in [0.29, 0.717) is 10.6 Å². The van der Waals surface area contributed by atoms with Gasteiger partial charge in [-0.05, 0) is 17.7 Å². The fourth-order valence-electron chi connectivity index (χ4n) is 2.67. The molecule has 0 unspecified atom stereocenters. The molecule has 1 heterocycles. The first-order valence-corrected chi connectivity index (χ1v) is 7.81. The molecule has 2 aromatic rings. The van der Waals surface area contributed by atoms with Crippen LogP contribution in [-0.4, -0.2) is 37.0 Å². The number of halogens is 1. The van der Waals surface area contributed by atoms with Gasteiger partial charge in [-0.25, -0.2) is 0 Å². The van der Waals surface area contributed by atoms with Gasteiger partial charge in [0.05, 0.1) is 18.2 Å². The molecular formula is C18H18ClNO2. The molecule has 0 saturated carbocycles. The summed E-state index contributed by atoms with van der Waals surface area (Å²) in [5.74, 6) is -0.0190. The summed E-state index contributed by atoms with van der Waals surface area (Å²) in [5, 5.41) is 0.494. The van der Waals surface area contributed by atoms with E-state index < -0.39 is 0 Å². The van der Waals surface area contributed by atoms with E-state index in [-0.39, 0.29) is 5.78 Å². The number of nitrogens with zero attached hydrogens (tertiary/aromatic N) is 1. The van der Waals surface area contributed by atoms with Gasteiger partial charge in [0.25, 0.3) is 0 Å². The van der Waals surface area contributed by atoms with E-state index in [1.165, 1.54) is 0 Å². The number of rotatable bonds is 4. The van der Waals surface area contributed by atoms with Crippen molar-refractivity contribution in [3.05, 3.63) is 70.2 Å². The fraction of sp³-hybridized carbons (Fsp3) is 0.278. The molecule has 0 radical (unpaired) electrons. The highest BCUT2D eigenvalue weighted by molar-refractivity contribution is 6.35. The lowest BCUT2D eigenvalue weighted by Crippen LogP contribution is -2.36. The fourth-order valence-corrected chi connectivity index (χ4v) is 2.89. The van der Waals surface area contributed by atoms with Crippen LogP contribution in [0, 0.1) is 0 Å².